The van der Waals surface area contributed by atoms with Crippen LogP contribution in [0, 0.1) is 11.6 Å². The summed E-state index contributed by atoms with van der Waals surface area (Å²) in [7, 11) is 0. The number of nitrogens with zero attached hydrogens (tertiary/aromatic N) is 3. The average Bonchev–Trinajstić information content (AvgIpc) is 3.42. The van der Waals surface area contributed by atoms with E-state index in [2.05, 4.69) is 0 Å². The van der Waals surface area contributed by atoms with Crippen LogP contribution in [0.1, 0.15) is 29.2 Å². The van der Waals surface area contributed by atoms with Gasteiger partial charge in [0.05, 0.1) is 10.9 Å². The van der Waals surface area contributed by atoms with E-state index in [-0.39, 0.29) is 61.2 Å². The zero-order valence-corrected chi connectivity index (χ0v) is 15.0. The number of anilines is 1. The fourth-order valence-electron chi connectivity index (χ4n) is 3.43. The zero-order valence-electron chi connectivity index (χ0n) is 14.2. The van der Waals surface area contributed by atoms with Gasteiger partial charge in [-0.3, -0.25) is 4.79 Å². The number of rotatable bonds is 3. The normalized spacial score (nSPS) is 17.8. The minimum atomic E-state index is -1.42. The standard InChI is InChI=1S/C17H17F2N3O4.ClH/c18-12-7-10-14(13(19)15(12)20-3-5-21(26)6-4-20)22(9-1-2-9)8-11(16(10)23)17(24)25;/h7-9,26H,1-6H2,(H,24,25);1H. The van der Waals surface area contributed by atoms with Gasteiger partial charge in [0.2, 0.25) is 5.43 Å². The number of aromatic carboxylic acids is 1. The Labute approximate surface area is 158 Å². The number of carboxylic acid groups (broad SMARTS) is 1. The highest BCUT2D eigenvalue weighted by molar-refractivity contribution is 5.94. The Morgan fingerprint density at radius 3 is 2.33 bits per heavy atom. The highest BCUT2D eigenvalue weighted by Crippen LogP contribution is 2.39. The van der Waals surface area contributed by atoms with Gasteiger partial charge in [-0.05, 0) is 18.9 Å². The van der Waals surface area contributed by atoms with Gasteiger partial charge in [0.1, 0.15) is 17.1 Å². The van der Waals surface area contributed by atoms with Crippen molar-refractivity contribution < 1.29 is 23.9 Å². The van der Waals surface area contributed by atoms with Crippen LogP contribution in [0.3, 0.4) is 0 Å². The van der Waals surface area contributed by atoms with E-state index in [1.165, 1.54) is 9.47 Å². The van der Waals surface area contributed by atoms with E-state index in [1.807, 2.05) is 0 Å². The summed E-state index contributed by atoms with van der Waals surface area (Å²) in [5, 5.41) is 19.5. The van der Waals surface area contributed by atoms with E-state index in [1.54, 1.807) is 0 Å². The molecule has 1 saturated carbocycles. The van der Waals surface area contributed by atoms with Crippen LogP contribution < -0.4 is 10.3 Å². The van der Waals surface area contributed by atoms with Gasteiger partial charge in [-0.2, -0.15) is 5.06 Å². The van der Waals surface area contributed by atoms with Crippen molar-refractivity contribution in [3.05, 3.63) is 39.7 Å². The Balaban J connectivity index is 0.00000210. The number of carbonyl (C=O) groups is 1. The Bertz CT molecular complexity index is 969. The molecule has 2 fully saturated rings. The fourth-order valence-corrected chi connectivity index (χ4v) is 3.43. The molecule has 0 radical (unpaired) electrons. The third kappa shape index (κ3) is 3.26. The van der Waals surface area contributed by atoms with Gasteiger partial charge in [0.25, 0.3) is 0 Å². The maximum absolute atomic E-state index is 15.3. The van der Waals surface area contributed by atoms with Gasteiger partial charge in [0, 0.05) is 38.4 Å². The predicted molar refractivity (Wildman–Crippen MR) is 96.2 cm³/mol. The van der Waals surface area contributed by atoms with Crippen LogP contribution >= 0.6 is 12.4 Å². The van der Waals surface area contributed by atoms with Gasteiger partial charge in [-0.15, -0.1) is 12.4 Å². The first-order valence-corrected chi connectivity index (χ1v) is 8.37. The second-order valence-corrected chi connectivity index (χ2v) is 6.67. The summed E-state index contributed by atoms with van der Waals surface area (Å²) >= 11 is 0. The lowest BCUT2D eigenvalue weighted by Gasteiger charge is -2.33. The quantitative estimate of drug-likeness (QED) is 0.820. The summed E-state index contributed by atoms with van der Waals surface area (Å²) in [5.74, 6) is -3.20. The minimum Gasteiger partial charge on any atom is -0.477 e. The van der Waals surface area contributed by atoms with E-state index in [0.717, 1.165) is 30.2 Å². The predicted octanol–water partition coefficient (Wildman–Crippen LogP) is 2.25. The van der Waals surface area contributed by atoms with Gasteiger partial charge >= 0.3 is 5.97 Å². The summed E-state index contributed by atoms with van der Waals surface area (Å²) in [5.41, 5.74) is -1.70. The molecule has 0 unspecified atom stereocenters. The van der Waals surface area contributed by atoms with Crippen molar-refractivity contribution in [2.45, 2.75) is 18.9 Å². The van der Waals surface area contributed by atoms with E-state index < -0.39 is 28.6 Å². The molecular weight excluding hydrogens is 384 g/mol. The number of fused-ring (bicyclic) bond motifs is 1. The smallest absolute Gasteiger partial charge is 0.341 e. The van der Waals surface area contributed by atoms with Crippen LogP contribution in [0.15, 0.2) is 17.1 Å². The number of piperazine rings is 1. The third-order valence-corrected chi connectivity index (χ3v) is 4.93. The Hall–Kier alpha value is -2.23. The van der Waals surface area contributed by atoms with Crippen LogP contribution in [0.5, 0.6) is 0 Å². The Kier molecular flexibility index (Phi) is 5.11. The molecule has 2 N–H and O–H groups in total. The van der Waals surface area contributed by atoms with E-state index in [9.17, 15) is 24.3 Å². The molecule has 1 aliphatic carbocycles. The molecule has 27 heavy (non-hydrogen) atoms. The molecule has 1 saturated heterocycles. The molecule has 146 valence electrons. The van der Waals surface area contributed by atoms with Gasteiger partial charge in [-0.1, -0.05) is 0 Å². The number of hydrogen-bond donors (Lipinski definition) is 2. The highest BCUT2D eigenvalue weighted by atomic mass is 35.5. The number of aromatic nitrogens is 1. The molecule has 0 spiro atoms. The molecule has 2 heterocycles. The number of hydrogen-bond acceptors (Lipinski definition) is 5. The highest BCUT2D eigenvalue weighted by Gasteiger charge is 2.31. The minimum absolute atomic E-state index is 0. The Morgan fingerprint density at radius 1 is 1.15 bits per heavy atom. The number of benzene rings is 1. The summed E-state index contributed by atoms with van der Waals surface area (Å²) in [6.07, 6.45) is 2.64. The SMILES string of the molecule is Cl.O=C(O)c1cn(C2CC2)c2c(F)c(N3CCN(O)CC3)c(F)cc2c1=O. The van der Waals surface area contributed by atoms with Crippen molar-refractivity contribution in [3.8, 4) is 0 Å². The summed E-state index contributed by atoms with van der Waals surface area (Å²) < 4.78 is 31.4. The van der Waals surface area contributed by atoms with E-state index >= 15 is 4.39 Å². The lowest BCUT2D eigenvalue weighted by molar-refractivity contribution is -0.0936. The van der Waals surface area contributed by atoms with Crippen molar-refractivity contribution in [3.63, 3.8) is 0 Å². The molecular formula is C17H18ClF2N3O4. The molecule has 7 nitrogen and oxygen atoms in total. The first-order chi connectivity index (χ1) is 12.4. The van der Waals surface area contributed by atoms with Crippen molar-refractivity contribution in [1.82, 2.24) is 9.63 Å². The lowest BCUT2D eigenvalue weighted by Crippen LogP contribution is -2.45. The summed E-state index contributed by atoms with van der Waals surface area (Å²) in [4.78, 5) is 25.2. The van der Waals surface area contributed by atoms with E-state index in [0.29, 0.717) is 0 Å². The number of carboxylic acids is 1. The molecule has 4 rings (SSSR count). The zero-order chi connectivity index (χ0) is 18.6. The molecule has 0 bridgehead atoms. The molecule has 1 aromatic carbocycles. The van der Waals surface area contributed by atoms with Gasteiger partial charge in [-0.25, -0.2) is 13.6 Å². The Morgan fingerprint density at radius 2 is 1.78 bits per heavy atom. The largest absolute Gasteiger partial charge is 0.477 e. The maximum atomic E-state index is 15.3. The number of halogens is 3. The third-order valence-electron chi connectivity index (χ3n) is 4.93. The molecule has 1 aromatic heterocycles. The maximum Gasteiger partial charge on any atom is 0.341 e. The van der Waals surface area contributed by atoms with Crippen molar-refractivity contribution >= 4 is 35.0 Å². The van der Waals surface area contributed by atoms with Gasteiger partial charge in [0.15, 0.2) is 5.82 Å². The lowest BCUT2D eigenvalue weighted by atomic mass is 10.1. The second kappa shape index (κ2) is 7.06. The fraction of sp³-hybridized carbons (Fsp3) is 0.412. The average molecular weight is 402 g/mol. The molecule has 0 atom stereocenters. The monoisotopic (exact) mass is 401 g/mol. The molecule has 2 aromatic rings. The van der Waals surface area contributed by atoms with Crippen molar-refractivity contribution in [1.29, 1.82) is 0 Å². The van der Waals surface area contributed by atoms with Crippen LogP contribution in [-0.4, -0.2) is 52.1 Å². The van der Waals surface area contributed by atoms with Crippen molar-refractivity contribution in [2.75, 3.05) is 31.1 Å². The first kappa shape index (κ1) is 19.5. The van der Waals surface area contributed by atoms with Gasteiger partial charge < -0.3 is 19.8 Å². The summed E-state index contributed by atoms with van der Waals surface area (Å²) in [6.45, 7) is 0.946. The second-order valence-electron chi connectivity index (χ2n) is 6.67. The topological polar surface area (TPSA) is 86.0 Å². The molecule has 1 aliphatic heterocycles. The van der Waals surface area contributed by atoms with Crippen molar-refractivity contribution in [2.24, 2.45) is 0 Å². The molecule has 2 aliphatic rings. The van der Waals surface area contributed by atoms with Crippen LogP contribution in [-0.2, 0) is 0 Å². The number of hydroxylamine groups is 2. The van der Waals surface area contributed by atoms with Crippen LogP contribution in [0.2, 0.25) is 0 Å². The molecule has 10 heteroatoms. The van der Waals surface area contributed by atoms with Crippen LogP contribution in [0.25, 0.3) is 10.9 Å². The summed E-state index contributed by atoms with van der Waals surface area (Å²) in [6, 6.07) is 0.825. The first-order valence-electron chi connectivity index (χ1n) is 8.37. The molecule has 0 amide bonds. The van der Waals surface area contributed by atoms with E-state index in [4.69, 9.17) is 0 Å². The number of pyridine rings is 1. The van der Waals surface area contributed by atoms with Crippen LogP contribution in [0.4, 0.5) is 14.5 Å².